The van der Waals surface area contributed by atoms with Gasteiger partial charge in [-0.15, -0.1) is 0 Å². The Morgan fingerprint density at radius 2 is 2.12 bits per heavy atom. The molecular weight excluding hydrogens is 318 g/mol. The molecule has 2 aromatic rings. The fourth-order valence-electron chi connectivity index (χ4n) is 3.50. The summed E-state index contributed by atoms with van der Waals surface area (Å²) in [6.07, 6.45) is 5.71. The predicted octanol–water partition coefficient (Wildman–Crippen LogP) is 1.72. The Morgan fingerprint density at radius 1 is 1.28 bits per heavy atom. The Kier molecular flexibility index (Phi) is 4.25. The molecule has 0 radical (unpaired) electrons. The van der Waals surface area contributed by atoms with Crippen LogP contribution < -0.4 is 15.5 Å². The molecule has 0 bridgehead atoms. The van der Waals surface area contributed by atoms with Gasteiger partial charge in [0.15, 0.2) is 0 Å². The van der Waals surface area contributed by atoms with Crippen LogP contribution in [0.2, 0.25) is 0 Å². The first kappa shape index (κ1) is 15.9. The molecule has 2 aliphatic rings. The molecule has 132 valence electrons. The molecule has 0 saturated carbocycles. The number of fused-ring (bicyclic) bond motifs is 1. The van der Waals surface area contributed by atoms with E-state index < -0.39 is 0 Å². The molecule has 0 aromatic carbocycles. The van der Waals surface area contributed by atoms with Crippen LogP contribution in [0.4, 0.5) is 16.3 Å². The minimum atomic E-state index is -0.201. The van der Waals surface area contributed by atoms with Gasteiger partial charge in [0.05, 0.1) is 24.0 Å². The van der Waals surface area contributed by atoms with Crippen molar-refractivity contribution >= 4 is 17.5 Å². The van der Waals surface area contributed by atoms with Crippen LogP contribution in [0.3, 0.4) is 0 Å². The van der Waals surface area contributed by atoms with E-state index in [2.05, 4.69) is 30.6 Å². The molecule has 1 atom stereocenters. The van der Waals surface area contributed by atoms with Gasteiger partial charge in [-0.1, -0.05) is 0 Å². The van der Waals surface area contributed by atoms with Crippen molar-refractivity contribution < 1.29 is 4.79 Å². The summed E-state index contributed by atoms with van der Waals surface area (Å²) >= 11 is 0. The molecule has 0 aliphatic carbocycles. The highest BCUT2D eigenvalue weighted by Crippen LogP contribution is 2.22. The van der Waals surface area contributed by atoms with Gasteiger partial charge in [0.25, 0.3) is 0 Å². The lowest BCUT2D eigenvalue weighted by Crippen LogP contribution is -2.43. The molecule has 1 saturated heterocycles. The number of pyridine rings is 1. The Hall–Kier alpha value is -2.64. The van der Waals surface area contributed by atoms with Crippen LogP contribution in [0.15, 0.2) is 18.5 Å². The highest BCUT2D eigenvalue weighted by molar-refractivity contribution is 5.90. The van der Waals surface area contributed by atoms with Gasteiger partial charge in [-0.2, -0.15) is 5.10 Å². The second-order valence-electron chi connectivity index (χ2n) is 6.69. The molecule has 25 heavy (non-hydrogen) atoms. The van der Waals surface area contributed by atoms with Crippen molar-refractivity contribution in [1.82, 2.24) is 25.1 Å². The van der Waals surface area contributed by atoms with Gasteiger partial charge in [0.1, 0.15) is 18.0 Å². The number of rotatable bonds is 3. The lowest BCUT2D eigenvalue weighted by Gasteiger charge is -2.24. The van der Waals surface area contributed by atoms with Gasteiger partial charge in [-0.25, -0.2) is 19.4 Å². The Morgan fingerprint density at radius 3 is 2.92 bits per heavy atom. The smallest absolute Gasteiger partial charge is 0.319 e. The molecule has 2 N–H and O–H groups in total. The first-order valence-corrected chi connectivity index (χ1v) is 8.86. The minimum absolute atomic E-state index is 0.0614. The summed E-state index contributed by atoms with van der Waals surface area (Å²) in [4.78, 5) is 23.4. The molecule has 2 amide bonds. The maximum Gasteiger partial charge on any atom is 0.319 e. The maximum atomic E-state index is 12.3. The highest BCUT2D eigenvalue weighted by Gasteiger charge is 2.21. The van der Waals surface area contributed by atoms with Crippen molar-refractivity contribution in [2.45, 2.75) is 45.2 Å². The number of carbonyl (C=O) groups is 1. The van der Waals surface area contributed by atoms with Crippen LogP contribution in [0.25, 0.3) is 0 Å². The van der Waals surface area contributed by atoms with Crippen molar-refractivity contribution in [2.75, 3.05) is 23.3 Å². The normalized spacial score (nSPS) is 19.6. The number of hydrogen-bond acceptors (Lipinski definition) is 5. The minimum Gasteiger partial charge on any atom is -0.357 e. The molecule has 4 heterocycles. The molecule has 1 fully saturated rings. The Bertz CT molecular complexity index is 766. The van der Waals surface area contributed by atoms with E-state index in [1.807, 2.05) is 23.7 Å². The van der Waals surface area contributed by atoms with Crippen LogP contribution in [0.5, 0.6) is 0 Å². The van der Waals surface area contributed by atoms with E-state index in [1.165, 1.54) is 12.8 Å². The predicted molar refractivity (Wildman–Crippen MR) is 94.7 cm³/mol. The van der Waals surface area contributed by atoms with E-state index in [4.69, 9.17) is 0 Å². The summed E-state index contributed by atoms with van der Waals surface area (Å²) in [5.74, 6) is 1.97. The lowest BCUT2D eigenvalue weighted by atomic mass is 10.1. The van der Waals surface area contributed by atoms with E-state index in [0.29, 0.717) is 6.54 Å². The summed E-state index contributed by atoms with van der Waals surface area (Å²) in [5.41, 5.74) is 1.58. The van der Waals surface area contributed by atoms with Gasteiger partial charge in [-0.05, 0) is 38.3 Å². The molecule has 4 rings (SSSR count). The number of nitrogens with zero attached hydrogens (tertiary/aromatic N) is 5. The van der Waals surface area contributed by atoms with E-state index in [-0.39, 0.29) is 12.1 Å². The number of aromatic nitrogens is 4. The molecule has 2 aromatic heterocycles. The number of hydrogen-bond donors (Lipinski definition) is 2. The molecule has 8 nitrogen and oxygen atoms in total. The van der Waals surface area contributed by atoms with Crippen LogP contribution >= 0.6 is 0 Å². The van der Waals surface area contributed by atoms with Gasteiger partial charge in [0.2, 0.25) is 0 Å². The third kappa shape index (κ3) is 3.42. The van der Waals surface area contributed by atoms with Crippen LogP contribution in [-0.2, 0) is 13.0 Å². The Labute approximate surface area is 146 Å². The topological polar surface area (TPSA) is 88.0 Å². The first-order valence-electron chi connectivity index (χ1n) is 8.86. The molecular formula is C17H23N7O. The summed E-state index contributed by atoms with van der Waals surface area (Å²) in [6, 6.07) is 3.78. The van der Waals surface area contributed by atoms with E-state index >= 15 is 0 Å². The SMILES string of the molecule is Cc1nc(N2CCCC2)ccc1NC(=O)NC1CCc2ncnn2C1. The summed E-state index contributed by atoms with van der Waals surface area (Å²) in [5, 5.41) is 10.1. The number of carbonyl (C=O) groups excluding carboxylic acids is 1. The lowest BCUT2D eigenvalue weighted by molar-refractivity contribution is 0.243. The number of nitrogens with one attached hydrogen (secondary N) is 2. The number of aryl methyl sites for hydroxylation is 2. The molecule has 0 spiro atoms. The second kappa shape index (κ2) is 6.70. The number of amides is 2. The number of urea groups is 1. The van der Waals surface area contributed by atoms with Crippen LogP contribution in [-0.4, -0.2) is 44.9 Å². The fraction of sp³-hybridized carbons (Fsp3) is 0.529. The van der Waals surface area contributed by atoms with Gasteiger partial charge in [-0.3, -0.25) is 0 Å². The average Bonchev–Trinajstić information content (AvgIpc) is 3.27. The highest BCUT2D eigenvalue weighted by atomic mass is 16.2. The zero-order chi connectivity index (χ0) is 17.2. The van der Waals surface area contributed by atoms with E-state index in [0.717, 1.165) is 49.0 Å². The summed E-state index contributed by atoms with van der Waals surface area (Å²) < 4.78 is 1.85. The van der Waals surface area contributed by atoms with E-state index in [1.54, 1.807) is 6.33 Å². The van der Waals surface area contributed by atoms with Crippen molar-refractivity contribution in [3.8, 4) is 0 Å². The van der Waals surface area contributed by atoms with Gasteiger partial charge >= 0.3 is 6.03 Å². The van der Waals surface area contributed by atoms with Gasteiger partial charge in [0, 0.05) is 19.5 Å². The van der Waals surface area contributed by atoms with Crippen LogP contribution in [0, 0.1) is 6.92 Å². The largest absolute Gasteiger partial charge is 0.357 e. The molecule has 8 heteroatoms. The Balaban J connectivity index is 1.36. The third-order valence-corrected chi connectivity index (χ3v) is 4.89. The quantitative estimate of drug-likeness (QED) is 0.887. The molecule has 1 unspecified atom stereocenters. The summed E-state index contributed by atoms with van der Waals surface area (Å²) in [6.45, 7) is 4.71. The first-order chi connectivity index (χ1) is 12.2. The average molecular weight is 341 g/mol. The van der Waals surface area contributed by atoms with Crippen LogP contribution in [0.1, 0.15) is 30.8 Å². The third-order valence-electron chi connectivity index (χ3n) is 4.89. The van der Waals surface area contributed by atoms with Gasteiger partial charge < -0.3 is 15.5 Å². The standard InChI is InChI=1S/C17H23N7O/c1-12-14(5-7-16(20-12)23-8-2-3-9-23)22-17(25)21-13-4-6-15-18-11-19-24(15)10-13/h5,7,11,13H,2-4,6,8-10H2,1H3,(H2,21,22,25). The second-order valence-corrected chi connectivity index (χ2v) is 6.69. The van der Waals surface area contributed by atoms with E-state index in [9.17, 15) is 4.79 Å². The zero-order valence-electron chi connectivity index (χ0n) is 14.4. The van der Waals surface area contributed by atoms with Crippen molar-refractivity contribution in [1.29, 1.82) is 0 Å². The van der Waals surface area contributed by atoms with Crippen molar-refractivity contribution in [3.05, 3.63) is 30.0 Å². The summed E-state index contributed by atoms with van der Waals surface area (Å²) in [7, 11) is 0. The number of anilines is 2. The molecule has 2 aliphatic heterocycles. The monoisotopic (exact) mass is 341 g/mol. The van der Waals surface area contributed by atoms with Crippen molar-refractivity contribution in [2.24, 2.45) is 0 Å². The van der Waals surface area contributed by atoms with Crippen molar-refractivity contribution in [3.63, 3.8) is 0 Å². The fourth-order valence-corrected chi connectivity index (χ4v) is 3.50. The zero-order valence-corrected chi connectivity index (χ0v) is 14.4. The maximum absolute atomic E-state index is 12.3.